The summed E-state index contributed by atoms with van der Waals surface area (Å²) in [5.41, 5.74) is 0. The molecule has 0 aliphatic carbocycles. The van der Waals surface area contributed by atoms with E-state index in [-0.39, 0.29) is 21.7 Å². The largest absolute Gasteiger partial charge is 0.385 e. The van der Waals surface area contributed by atoms with Gasteiger partial charge in [-0.1, -0.05) is 0 Å². The quantitative estimate of drug-likeness (QED) is 0.0938. The van der Waals surface area contributed by atoms with Crippen LogP contribution < -0.4 is 0 Å². The maximum absolute atomic E-state index is 9.46. The Bertz CT molecular complexity index is 244. The van der Waals surface area contributed by atoms with E-state index >= 15 is 0 Å². The molecule has 0 saturated carbocycles. The molecule has 0 saturated heterocycles. The molecule has 0 fully saturated rings. The van der Waals surface area contributed by atoms with Gasteiger partial charge in [0.25, 0.3) is 0 Å². The van der Waals surface area contributed by atoms with Crippen LogP contribution >= 0.6 is 0 Å². The molecule has 0 aliphatic rings. The van der Waals surface area contributed by atoms with E-state index in [1.165, 1.54) is 0 Å². The summed E-state index contributed by atoms with van der Waals surface area (Å²) in [4.78, 5) is 49.9. The van der Waals surface area contributed by atoms with E-state index < -0.39 is 50.3 Å². The van der Waals surface area contributed by atoms with Crippen LogP contribution in [-0.2, 0) is 60.4 Å². The van der Waals surface area contributed by atoms with Crippen molar-refractivity contribution in [1.29, 1.82) is 0 Å². The molecular formula is C8H16O16Ti. The van der Waals surface area contributed by atoms with E-state index in [1.807, 2.05) is 0 Å². The molecule has 0 aliphatic heterocycles. The molecule has 16 nitrogen and oxygen atoms in total. The van der Waals surface area contributed by atoms with Crippen molar-refractivity contribution in [3.63, 3.8) is 0 Å². The van der Waals surface area contributed by atoms with Crippen molar-refractivity contribution in [3.05, 3.63) is 0 Å². The fourth-order valence-corrected chi connectivity index (χ4v) is 0.115. The van der Waals surface area contributed by atoms with Gasteiger partial charge in [-0.05, 0) is 0 Å². The van der Waals surface area contributed by atoms with Gasteiger partial charge in [0.15, 0.2) is 0 Å². The topological polar surface area (TPSA) is 267 Å². The Morgan fingerprint density at radius 1 is 0.480 bits per heavy atom. The van der Waals surface area contributed by atoms with Crippen LogP contribution in [0.3, 0.4) is 0 Å². The number of hydrogen-bond donors (Lipinski definition) is 8. The van der Waals surface area contributed by atoms with Gasteiger partial charge in [0.1, 0.15) is 26.4 Å². The average molecular weight is 416 g/mol. The van der Waals surface area contributed by atoms with Gasteiger partial charge >= 0.3 is 23.9 Å². The summed E-state index contributed by atoms with van der Waals surface area (Å²) in [7, 11) is 0. The minimum atomic E-state index is -1.05. The van der Waals surface area contributed by atoms with Crippen molar-refractivity contribution in [3.8, 4) is 0 Å². The van der Waals surface area contributed by atoms with Gasteiger partial charge < -0.3 is 20.4 Å². The second-order valence-electron chi connectivity index (χ2n) is 2.49. The van der Waals surface area contributed by atoms with Gasteiger partial charge in [0.2, 0.25) is 0 Å². The number of aliphatic hydroxyl groups excluding tert-OH is 4. The van der Waals surface area contributed by atoms with Crippen molar-refractivity contribution in [1.82, 2.24) is 0 Å². The predicted octanol–water partition coefficient (Wildman–Crippen LogP) is -4.02. The molecule has 25 heavy (non-hydrogen) atoms. The third kappa shape index (κ3) is 44.9. The van der Waals surface area contributed by atoms with Crippen LogP contribution in [0.25, 0.3) is 0 Å². The first-order valence-corrected chi connectivity index (χ1v) is 5.04. The third-order valence-corrected chi connectivity index (χ3v) is 0.924. The van der Waals surface area contributed by atoms with Crippen LogP contribution in [0.2, 0.25) is 0 Å². The summed E-state index contributed by atoms with van der Waals surface area (Å²) in [6, 6.07) is 0. The first-order valence-electron chi connectivity index (χ1n) is 5.04. The molecule has 0 amide bonds. The van der Waals surface area contributed by atoms with Crippen LogP contribution in [-0.4, -0.2) is 91.8 Å². The summed E-state index contributed by atoms with van der Waals surface area (Å²) in [6.07, 6.45) is 0. The second-order valence-corrected chi connectivity index (χ2v) is 2.49. The fourth-order valence-electron chi connectivity index (χ4n) is 0.115. The number of rotatable bonds is 4. The molecular weight excluding hydrogens is 400 g/mol. The van der Waals surface area contributed by atoms with Crippen molar-refractivity contribution in [2.75, 3.05) is 26.4 Å². The Morgan fingerprint density at radius 2 is 0.600 bits per heavy atom. The maximum atomic E-state index is 9.46. The molecule has 148 valence electrons. The van der Waals surface area contributed by atoms with E-state index in [2.05, 4.69) is 19.6 Å². The zero-order chi connectivity index (χ0) is 20.0. The van der Waals surface area contributed by atoms with Crippen molar-refractivity contribution in [2.45, 2.75) is 0 Å². The van der Waals surface area contributed by atoms with Crippen molar-refractivity contribution < 1.29 is 102 Å². The summed E-state index contributed by atoms with van der Waals surface area (Å²) < 4.78 is 0. The van der Waals surface area contributed by atoms with E-state index in [0.717, 1.165) is 0 Å². The zero-order valence-electron chi connectivity index (χ0n) is 12.2. The molecule has 0 radical (unpaired) electrons. The van der Waals surface area contributed by atoms with Crippen molar-refractivity contribution >= 4 is 23.9 Å². The van der Waals surface area contributed by atoms with Gasteiger partial charge in [0.05, 0.1) is 0 Å². The molecule has 0 aromatic rings. The van der Waals surface area contributed by atoms with Crippen LogP contribution in [0.5, 0.6) is 0 Å². The Labute approximate surface area is 152 Å². The smallest absolute Gasteiger partial charge is 0.367 e. The standard InChI is InChI=1S/4C2H4O4.Ti/c4*3-1-2(4)6-5;/h4*3,5H,1H2;. The molecule has 0 atom stereocenters. The van der Waals surface area contributed by atoms with Crippen LogP contribution in [0.1, 0.15) is 0 Å². The summed E-state index contributed by atoms with van der Waals surface area (Å²) in [6.45, 7) is -3.12. The van der Waals surface area contributed by atoms with E-state index in [4.69, 9.17) is 41.5 Å². The van der Waals surface area contributed by atoms with Crippen LogP contribution in [0, 0.1) is 0 Å². The van der Waals surface area contributed by atoms with Gasteiger partial charge in [-0.3, -0.25) is 19.6 Å². The summed E-state index contributed by atoms with van der Waals surface area (Å²) in [5.74, 6) is -4.19. The minimum absolute atomic E-state index is 0. The number of aliphatic hydroxyl groups is 4. The first-order chi connectivity index (χ1) is 11.2. The molecule has 0 spiro atoms. The molecule has 0 rings (SSSR count). The van der Waals surface area contributed by atoms with Crippen LogP contribution in [0.15, 0.2) is 0 Å². The van der Waals surface area contributed by atoms with E-state index in [0.29, 0.717) is 0 Å². The zero-order valence-corrected chi connectivity index (χ0v) is 13.7. The summed E-state index contributed by atoms with van der Waals surface area (Å²) >= 11 is 0. The SMILES string of the molecule is O=C(CO)OO.O=C(CO)OO.O=C(CO)OO.O=C(CO)OO.[Ti]. The number of hydrogen-bond acceptors (Lipinski definition) is 16. The molecule has 0 bridgehead atoms. The number of carbonyl (C=O) groups excluding carboxylic acids is 4. The Hall–Kier alpha value is -1.73. The van der Waals surface area contributed by atoms with Crippen molar-refractivity contribution in [2.24, 2.45) is 0 Å². The van der Waals surface area contributed by atoms with E-state index in [9.17, 15) is 19.2 Å². The molecule has 0 aromatic carbocycles. The van der Waals surface area contributed by atoms with Gasteiger partial charge in [-0.15, -0.1) is 0 Å². The fraction of sp³-hybridized carbons (Fsp3) is 0.500. The first kappa shape index (κ1) is 34.6. The third-order valence-electron chi connectivity index (χ3n) is 0.924. The maximum Gasteiger partial charge on any atom is 0.367 e. The van der Waals surface area contributed by atoms with Gasteiger partial charge in [-0.2, -0.15) is 21.0 Å². The Balaban J connectivity index is -0.0000000702. The average Bonchev–Trinajstić information content (AvgIpc) is 2.66. The van der Waals surface area contributed by atoms with E-state index in [1.54, 1.807) is 0 Å². The molecule has 17 heteroatoms. The Kier molecular flexibility index (Phi) is 41.8. The predicted molar refractivity (Wildman–Crippen MR) is 63.2 cm³/mol. The molecule has 8 N–H and O–H groups in total. The molecule has 0 unspecified atom stereocenters. The normalized spacial score (nSPS) is 7.36. The molecule has 0 heterocycles. The van der Waals surface area contributed by atoms with Gasteiger partial charge in [-0.25, -0.2) is 19.2 Å². The number of carbonyl (C=O) groups is 4. The Morgan fingerprint density at radius 3 is 0.600 bits per heavy atom. The second kappa shape index (κ2) is 30.2. The summed E-state index contributed by atoms with van der Waals surface area (Å²) in [5, 5.41) is 60.1. The molecule has 0 aromatic heterocycles. The monoisotopic (exact) mass is 416 g/mol. The van der Waals surface area contributed by atoms with Crippen LogP contribution in [0.4, 0.5) is 0 Å². The van der Waals surface area contributed by atoms with Gasteiger partial charge in [0, 0.05) is 21.7 Å². The minimum Gasteiger partial charge on any atom is -0.385 e.